The van der Waals surface area contributed by atoms with Crippen LogP contribution in [0.1, 0.15) is 36.9 Å². The lowest BCUT2D eigenvalue weighted by atomic mass is 10.2. The van der Waals surface area contributed by atoms with Crippen LogP contribution in [-0.4, -0.2) is 27.7 Å². The summed E-state index contributed by atoms with van der Waals surface area (Å²) in [5.74, 6) is 0.0381. The maximum atomic E-state index is 10.4. The molecule has 2 N–H and O–H groups in total. The lowest BCUT2D eigenvalue weighted by Crippen LogP contribution is -2.00. The van der Waals surface area contributed by atoms with E-state index in [2.05, 4.69) is 9.97 Å². The lowest BCUT2D eigenvalue weighted by Gasteiger charge is -2.04. The van der Waals surface area contributed by atoms with E-state index in [1.54, 1.807) is 6.20 Å². The zero-order chi connectivity index (χ0) is 10.7. The number of carbonyl (C=O) groups is 1. The molecule has 0 aliphatic carbocycles. The van der Waals surface area contributed by atoms with Crippen molar-refractivity contribution in [1.29, 1.82) is 0 Å². The number of H-pyrrole nitrogens is 1. The SMILES string of the molecule is O=C(O)CCc1cnc(C2CCCO2)[nH]1. The van der Waals surface area contributed by atoms with Gasteiger partial charge in [-0.1, -0.05) is 0 Å². The number of nitrogens with zero attached hydrogens (tertiary/aromatic N) is 1. The Morgan fingerprint density at radius 2 is 2.60 bits per heavy atom. The number of carboxylic acid groups (broad SMARTS) is 1. The van der Waals surface area contributed by atoms with Gasteiger partial charge in [0.2, 0.25) is 0 Å². The highest BCUT2D eigenvalue weighted by molar-refractivity contribution is 5.66. The standard InChI is InChI=1S/C10H14N2O3/c13-9(14)4-3-7-6-11-10(12-7)8-2-1-5-15-8/h6,8H,1-5H2,(H,11,12)(H,13,14). The molecular formula is C10H14N2O3. The fraction of sp³-hybridized carbons (Fsp3) is 0.600. The van der Waals surface area contributed by atoms with Crippen molar-refractivity contribution >= 4 is 5.97 Å². The summed E-state index contributed by atoms with van der Waals surface area (Å²) in [5.41, 5.74) is 0.864. The minimum Gasteiger partial charge on any atom is -0.481 e. The Labute approximate surface area is 87.5 Å². The monoisotopic (exact) mass is 210 g/mol. The van der Waals surface area contributed by atoms with Gasteiger partial charge in [0.1, 0.15) is 11.9 Å². The van der Waals surface area contributed by atoms with E-state index >= 15 is 0 Å². The molecule has 0 bridgehead atoms. The van der Waals surface area contributed by atoms with Gasteiger partial charge in [-0.25, -0.2) is 4.98 Å². The number of aryl methyl sites for hydroxylation is 1. The van der Waals surface area contributed by atoms with Gasteiger partial charge < -0.3 is 14.8 Å². The smallest absolute Gasteiger partial charge is 0.303 e. The van der Waals surface area contributed by atoms with Crippen molar-refractivity contribution in [2.45, 2.75) is 31.8 Å². The van der Waals surface area contributed by atoms with Gasteiger partial charge in [-0.3, -0.25) is 4.79 Å². The molecule has 1 fully saturated rings. The molecule has 15 heavy (non-hydrogen) atoms. The average molecular weight is 210 g/mol. The molecule has 82 valence electrons. The van der Waals surface area contributed by atoms with Crippen LogP contribution in [-0.2, 0) is 16.0 Å². The molecule has 1 saturated heterocycles. The van der Waals surface area contributed by atoms with Gasteiger partial charge in [0.25, 0.3) is 0 Å². The van der Waals surface area contributed by atoms with Gasteiger partial charge in [0.05, 0.1) is 6.42 Å². The Hall–Kier alpha value is -1.36. The number of imidazole rings is 1. The molecular weight excluding hydrogens is 196 g/mol. The molecule has 1 aromatic rings. The zero-order valence-electron chi connectivity index (χ0n) is 8.40. The molecule has 5 nitrogen and oxygen atoms in total. The number of rotatable bonds is 4. The normalized spacial score (nSPS) is 20.7. The molecule has 2 rings (SSSR count). The molecule has 0 radical (unpaired) electrons. The minimum atomic E-state index is -0.789. The van der Waals surface area contributed by atoms with Crippen LogP contribution in [0.15, 0.2) is 6.20 Å². The van der Waals surface area contributed by atoms with E-state index in [-0.39, 0.29) is 12.5 Å². The predicted octanol–water partition coefficient (Wildman–Crippen LogP) is 1.28. The van der Waals surface area contributed by atoms with Gasteiger partial charge in [0.15, 0.2) is 0 Å². The van der Waals surface area contributed by atoms with Crippen LogP contribution in [0.4, 0.5) is 0 Å². The second-order valence-electron chi connectivity index (χ2n) is 3.69. The van der Waals surface area contributed by atoms with Crippen molar-refractivity contribution in [3.8, 4) is 0 Å². The first-order valence-electron chi connectivity index (χ1n) is 5.13. The third kappa shape index (κ3) is 2.56. The molecule has 1 unspecified atom stereocenters. The predicted molar refractivity (Wildman–Crippen MR) is 52.5 cm³/mol. The van der Waals surface area contributed by atoms with Gasteiger partial charge >= 0.3 is 5.97 Å². The van der Waals surface area contributed by atoms with E-state index in [0.717, 1.165) is 31.0 Å². The number of hydrogen-bond acceptors (Lipinski definition) is 3. The van der Waals surface area contributed by atoms with E-state index in [4.69, 9.17) is 9.84 Å². The van der Waals surface area contributed by atoms with Gasteiger partial charge in [-0.15, -0.1) is 0 Å². The highest BCUT2D eigenvalue weighted by Crippen LogP contribution is 2.26. The summed E-state index contributed by atoms with van der Waals surface area (Å²) in [5, 5.41) is 8.53. The number of nitrogens with one attached hydrogen (secondary N) is 1. The Balaban J connectivity index is 1.94. The van der Waals surface area contributed by atoms with Crippen LogP contribution in [0.3, 0.4) is 0 Å². The number of hydrogen-bond donors (Lipinski definition) is 2. The van der Waals surface area contributed by atoms with Crippen molar-refractivity contribution in [3.63, 3.8) is 0 Å². The largest absolute Gasteiger partial charge is 0.481 e. The molecule has 0 amide bonds. The van der Waals surface area contributed by atoms with Crippen molar-refractivity contribution in [3.05, 3.63) is 17.7 Å². The first kappa shape index (κ1) is 10.2. The quantitative estimate of drug-likeness (QED) is 0.784. The summed E-state index contributed by atoms with van der Waals surface area (Å²) in [6.45, 7) is 0.788. The summed E-state index contributed by atoms with van der Waals surface area (Å²) >= 11 is 0. The molecule has 1 aliphatic rings. The Morgan fingerprint density at radius 3 is 3.27 bits per heavy atom. The Morgan fingerprint density at radius 1 is 1.73 bits per heavy atom. The minimum absolute atomic E-state index is 0.0728. The fourth-order valence-electron chi connectivity index (χ4n) is 1.70. The third-order valence-corrected chi connectivity index (χ3v) is 2.49. The fourth-order valence-corrected chi connectivity index (χ4v) is 1.70. The summed E-state index contributed by atoms with van der Waals surface area (Å²) in [6.07, 6.45) is 4.45. The average Bonchev–Trinajstić information content (AvgIpc) is 2.85. The molecule has 1 aliphatic heterocycles. The van der Waals surface area contributed by atoms with E-state index in [9.17, 15) is 4.79 Å². The second-order valence-corrected chi connectivity index (χ2v) is 3.69. The Kier molecular flexibility index (Phi) is 3.01. The highest BCUT2D eigenvalue weighted by atomic mass is 16.5. The van der Waals surface area contributed by atoms with E-state index in [0.29, 0.717) is 6.42 Å². The molecule has 0 spiro atoms. The maximum absolute atomic E-state index is 10.4. The van der Waals surface area contributed by atoms with Crippen LogP contribution in [0.5, 0.6) is 0 Å². The summed E-state index contributed by atoms with van der Waals surface area (Å²) in [4.78, 5) is 17.7. The van der Waals surface area contributed by atoms with Crippen LogP contribution >= 0.6 is 0 Å². The molecule has 2 heterocycles. The zero-order valence-corrected chi connectivity index (χ0v) is 8.40. The maximum Gasteiger partial charge on any atom is 0.303 e. The summed E-state index contributed by atoms with van der Waals surface area (Å²) < 4.78 is 5.47. The summed E-state index contributed by atoms with van der Waals surface area (Å²) in [6, 6.07) is 0. The van der Waals surface area contributed by atoms with Gasteiger partial charge in [-0.05, 0) is 19.3 Å². The van der Waals surface area contributed by atoms with E-state index in [1.165, 1.54) is 0 Å². The van der Waals surface area contributed by atoms with Crippen molar-refractivity contribution in [2.75, 3.05) is 6.61 Å². The first-order chi connectivity index (χ1) is 7.25. The van der Waals surface area contributed by atoms with Crippen molar-refractivity contribution in [1.82, 2.24) is 9.97 Å². The van der Waals surface area contributed by atoms with Crippen LogP contribution in [0, 0.1) is 0 Å². The topological polar surface area (TPSA) is 75.2 Å². The van der Waals surface area contributed by atoms with Crippen LogP contribution in [0.25, 0.3) is 0 Å². The van der Waals surface area contributed by atoms with E-state index < -0.39 is 5.97 Å². The molecule has 0 saturated carbocycles. The Bertz CT molecular complexity index is 342. The third-order valence-electron chi connectivity index (χ3n) is 2.49. The number of aliphatic carboxylic acids is 1. The summed E-state index contributed by atoms with van der Waals surface area (Å²) in [7, 11) is 0. The molecule has 5 heteroatoms. The second kappa shape index (κ2) is 4.44. The van der Waals surface area contributed by atoms with Crippen molar-refractivity contribution < 1.29 is 14.6 Å². The van der Waals surface area contributed by atoms with Gasteiger partial charge in [0, 0.05) is 18.5 Å². The molecule has 1 aromatic heterocycles. The van der Waals surface area contributed by atoms with Crippen molar-refractivity contribution in [2.24, 2.45) is 0 Å². The number of ether oxygens (including phenoxy) is 1. The van der Waals surface area contributed by atoms with E-state index in [1.807, 2.05) is 0 Å². The lowest BCUT2D eigenvalue weighted by molar-refractivity contribution is -0.136. The number of aromatic nitrogens is 2. The van der Waals surface area contributed by atoms with Crippen LogP contribution in [0.2, 0.25) is 0 Å². The molecule has 1 atom stereocenters. The number of carboxylic acids is 1. The number of aromatic amines is 1. The van der Waals surface area contributed by atoms with Crippen LogP contribution < -0.4 is 0 Å². The highest BCUT2D eigenvalue weighted by Gasteiger charge is 2.20. The van der Waals surface area contributed by atoms with Gasteiger partial charge in [-0.2, -0.15) is 0 Å². The molecule has 0 aromatic carbocycles. The first-order valence-corrected chi connectivity index (χ1v) is 5.13.